The van der Waals surface area contributed by atoms with E-state index in [1.807, 2.05) is 36.4 Å². The third kappa shape index (κ3) is 3.05. The molecule has 1 aliphatic heterocycles. The predicted octanol–water partition coefficient (Wildman–Crippen LogP) is 2.58. The van der Waals surface area contributed by atoms with Crippen molar-refractivity contribution in [1.29, 1.82) is 0 Å². The van der Waals surface area contributed by atoms with Gasteiger partial charge in [-0.25, -0.2) is 8.42 Å². The first-order valence-corrected chi connectivity index (χ1v) is 10.3. The molecule has 0 saturated carbocycles. The average molecular weight is 358 g/mol. The lowest BCUT2D eigenvalue weighted by Crippen LogP contribution is -2.43. The molecule has 1 atom stereocenters. The van der Waals surface area contributed by atoms with Gasteiger partial charge in [0.25, 0.3) is 0 Å². The predicted molar refractivity (Wildman–Crippen MR) is 100 cm³/mol. The van der Waals surface area contributed by atoms with Crippen LogP contribution in [0.2, 0.25) is 0 Å². The summed E-state index contributed by atoms with van der Waals surface area (Å²) in [6.45, 7) is 1.04. The Hall–Kier alpha value is -1.89. The van der Waals surface area contributed by atoms with Crippen LogP contribution in [0.5, 0.6) is 0 Å². The highest BCUT2D eigenvalue weighted by atomic mass is 32.2. The molecule has 5 nitrogen and oxygen atoms in total. The molecule has 0 spiro atoms. The summed E-state index contributed by atoms with van der Waals surface area (Å²) in [7, 11) is -3.22. The van der Waals surface area contributed by atoms with Gasteiger partial charge in [-0.1, -0.05) is 36.4 Å². The highest BCUT2D eigenvalue weighted by Gasteiger charge is 2.28. The summed E-state index contributed by atoms with van der Waals surface area (Å²) < 4.78 is 27.8. The van der Waals surface area contributed by atoms with Gasteiger partial charge in [-0.05, 0) is 25.0 Å². The summed E-state index contributed by atoms with van der Waals surface area (Å²) in [6.07, 6.45) is 0.829. The standard InChI is InChI=1S/C19H22N2O3S/c22-15(13-20-11-5-6-12-25(20,23)24)14-21-18-9-3-1-7-16(18)17-8-2-4-10-19(17)21/h1-4,7-10,15,22H,5-6,11-14H2/t15-/m1/s1. The number of β-amino-alcohol motifs (C(OH)–C–C–N with tert-alkyl or cyclic N) is 1. The van der Waals surface area contributed by atoms with Gasteiger partial charge in [0.15, 0.2) is 0 Å². The summed E-state index contributed by atoms with van der Waals surface area (Å²) in [6, 6.07) is 16.2. The number of benzene rings is 2. The maximum atomic E-state index is 12.2. The summed E-state index contributed by atoms with van der Waals surface area (Å²) in [5.41, 5.74) is 2.12. The minimum atomic E-state index is -3.22. The Labute approximate surface area is 147 Å². The Balaban J connectivity index is 1.65. The number of aliphatic hydroxyl groups is 1. The molecule has 0 amide bonds. The highest BCUT2D eigenvalue weighted by Crippen LogP contribution is 2.29. The van der Waals surface area contributed by atoms with Gasteiger partial charge < -0.3 is 9.67 Å². The van der Waals surface area contributed by atoms with Crippen LogP contribution >= 0.6 is 0 Å². The van der Waals surface area contributed by atoms with Gasteiger partial charge in [-0.3, -0.25) is 0 Å². The number of hydrogen-bond donors (Lipinski definition) is 1. The highest BCUT2D eigenvalue weighted by molar-refractivity contribution is 7.89. The largest absolute Gasteiger partial charge is 0.390 e. The van der Waals surface area contributed by atoms with Gasteiger partial charge >= 0.3 is 0 Å². The lowest BCUT2D eigenvalue weighted by Gasteiger charge is -2.28. The van der Waals surface area contributed by atoms with E-state index in [0.29, 0.717) is 19.5 Å². The van der Waals surface area contributed by atoms with Gasteiger partial charge in [0.1, 0.15) is 0 Å². The molecule has 1 N–H and O–H groups in total. The van der Waals surface area contributed by atoms with Crippen LogP contribution in [-0.2, 0) is 16.6 Å². The first kappa shape index (κ1) is 16.6. The molecule has 2 aromatic carbocycles. The van der Waals surface area contributed by atoms with E-state index in [-0.39, 0.29) is 12.3 Å². The molecule has 1 aromatic heterocycles. The normalized spacial score (nSPS) is 19.4. The van der Waals surface area contributed by atoms with E-state index >= 15 is 0 Å². The Morgan fingerprint density at radius 1 is 0.920 bits per heavy atom. The SMILES string of the molecule is O=S1(=O)CCCCN1C[C@@H](O)Cn1c2ccccc2c2ccccc21. The Kier molecular flexibility index (Phi) is 4.27. The van der Waals surface area contributed by atoms with Crippen LogP contribution in [0.4, 0.5) is 0 Å². The number of sulfonamides is 1. The first-order chi connectivity index (χ1) is 12.1. The number of nitrogens with zero attached hydrogens (tertiary/aromatic N) is 2. The molecule has 0 unspecified atom stereocenters. The summed E-state index contributed by atoms with van der Waals surface area (Å²) in [5, 5.41) is 12.9. The molecule has 4 rings (SSSR count). The van der Waals surface area contributed by atoms with Crippen LogP contribution in [-0.4, -0.2) is 47.3 Å². The molecule has 3 aromatic rings. The Bertz CT molecular complexity index is 957. The van der Waals surface area contributed by atoms with Crippen LogP contribution in [0, 0.1) is 0 Å². The van der Waals surface area contributed by atoms with Crippen molar-refractivity contribution in [1.82, 2.24) is 8.87 Å². The summed E-state index contributed by atoms with van der Waals surface area (Å²) in [5.74, 6) is 0.190. The molecule has 0 radical (unpaired) electrons. The third-order valence-electron chi connectivity index (χ3n) is 4.94. The van der Waals surface area contributed by atoms with Gasteiger partial charge in [0.05, 0.1) is 18.4 Å². The third-order valence-corrected chi connectivity index (χ3v) is 6.86. The van der Waals surface area contributed by atoms with E-state index in [2.05, 4.69) is 16.7 Å². The molecule has 0 bridgehead atoms. The van der Waals surface area contributed by atoms with Crippen molar-refractivity contribution in [2.45, 2.75) is 25.5 Å². The van der Waals surface area contributed by atoms with E-state index < -0.39 is 16.1 Å². The fourth-order valence-electron chi connectivity index (χ4n) is 3.75. The molecular formula is C19H22N2O3S. The van der Waals surface area contributed by atoms with Gasteiger partial charge in [-0.15, -0.1) is 0 Å². The molecule has 1 aliphatic rings. The molecular weight excluding hydrogens is 336 g/mol. The zero-order valence-corrected chi connectivity index (χ0v) is 14.8. The Morgan fingerprint density at radius 2 is 1.52 bits per heavy atom. The van der Waals surface area contributed by atoms with E-state index in [4.69, 9.17) is 0 Å². The molecule has 1 saturated heterocycles. The minimum absolute atomic E-state index is 0.156. The van der Waals surface area contributed by atoms with Gasteiger partial charge in [-0.2, -0.15) is 4.31 Å². The molecule has 132 valence electrons. The van der Waals surface area contributed by atoms with Crippen LogP contribution in [0.3, 0.4) is 0 Å². The smallest absolute Gasteiger partial charge is 0.214 e. The number of rotatable bonds is 4. The van der Waals surface area contributed by atoms with Crippen molar-refractivity contribution in [2.75, 3.05) is 18.8 Å². The maximum absolute atomic E-state index is 12.2. The topological polar surface area (TPSA) is 62.5 Å². The Morgan fingerprint density at radius 3 is 2.12 bits per heavy atom. The monoisotopic (exact) mass is 358 g/mol. The molecule has 2 heterocycles. The summed E-state index contributed by atoms with van der Waals surface area (Å²) in [4.78, 5) is 0. The van der Waals surface area contributed by atoms with Crippen molar-refractivity contribution in [3.63, 3.8) is 0 Å². The zero-order chi connectivity index (χ0) is 17.4. The van der Waals surface area contributed by atoms with Crippen LogP contribution in [0.1, 0.15) is 12.8 Å². The average Bonchev–Trinajstić information content (AvgIpc) is 2.91. The molecule has 1 fully saturated rings. The number of para-hydroxylation sites is 2. The fraction of sp³-hybridized carbons (Fsp3) is 0.368. The van der Waals surface area contributed by atoms with Crippen LogP contribution in [0.15, 0.2) is 48.5 Å². The number of aromatic nitrogens is 1. The second-order valence-electron chi connectivity index (χ2n) is 6.68. The van der Waals surface area contributed by atoms with Crippen LogP contribution < -0.4 is 0 Å². The second-order valence-corrected chi connectivity index (χ2v) is 8.77. The number of aliphatic hydroxyl groups excluding tert-OH is 1. The quantitative estimate of drug-likeness (QED) is 0.780. The molecule has 25 heavy (non-hydrogen) atoms. The molecule has 6 heteroatoms. The van der Waals surface area contributed by atoms with Crippen molar-refractivity contribution < 1.29 is 13.5 Å². The first-order valence-electron chi connectivity index (χ1n) is 8.68. The number of fused-ring (bicyclic) bond motifs is 3. The zero-order valence-electron chi connectivity index (χ0n) is 14.0. The van der Waals surface area contributed by atoms with E-state index in [1.54, 1.807) is 0 Å². The summed E-state index contributed by atoms with van der Waals surface area (Å²) >= 11 is 0. The van der Waals surface area contributed by atoms with Gasteiger partial charge in [0, 0.05) is 34.9 Å². The van der Waals surface area contributed by atoms with E-state index in [9.17, 15) is 13.5 Å². The maximum Gasteiger partial charge on any atom is 0.214 e. The van der Waals surface area contributed by atoms with Crippen LogP contribution in [0.25, 0.3) is 21.8 Å². The van der Waals surface area contributed by atoms with Crippen molar-refractivity contribution in [3.8, 4) is 0 Å². The van der Waals surface area contributed by atoms with E-state index in [0.717, 1.165) is 28.2 Å². The van der Waals surface area contributed by atoms with Crippen molar-refractivity contribution >= 4 is 31.8 Å². The van der Waals surface area contributed by atoms with Crippen molar-refractivity contribution in [3.05, 3.63) is 48.5 Å². The minimum Gasteiger partial charge on any atom is -0.390 e. The fourth-order valence-corrected chi connectivity index (χ4v) is 5.38. The van der Waals surface area contributed by atoms with E-state index in [1.165, 1.54) is 4.31 Å². The lowest BCUT2D eigenvalue weighted by atomic mass is 10.2. The second kappa shape index (κ2) is 6.44. The lowest BCUT2D eigenvalue weighted by molar-refractivity contribution is 0.128. The van der Waals surface area contributed by atoms with Gasteiger partial charge in [0.2, 0.25) is 10.0 Å². The van der Waals surface area contributed by atoms with Crippen molar-refractivity contribution in [2.24, 2.45) is 0 Å². The molecule has 0 aliphatic carbocycles. The number of hydrogen-bond acceptors (Lipinski definition) is 3.